The van der Waals surface area contributed by atoms with Gasteiger partial charge in [0.25, 0.3) is 0 Å². The number of nitrogens with zero attached hydrogens (tertiary/aromatic N) is 5. The molecule has 0 aliphatic heterocycles. The smallest absolute Gasteiger partial charge is 0.293 e. The van der Waals surface area contributed by atoms with Crippen LogP contribution >= 0.6 is 0 Å². The summed E-state index contributed by atoms with van der Waals surface area (Å²) in [4.78, 5) is 22.6. The van der Waals surface area contributed by atoms with Crippen molar-refractivity contribution in [1.82, 2.24) is 19.1 Å². The van der Waals surface area contributed by atoms with Gasteiger partial charge in [-0.3, -0.25) is 19.1 Å². The molecule has 0 N–H and O–H groups in total. The molecule has 0 fully saturated rings. The molecule has 0 aliphatic carbocycles. The Kier molecular flexibility index (Phi) is 5.62. The highest BCUT2D eigenvalue weighted by atomic mass is 19.1. The molecule has 0 bridgehead atoms. The second kappa shape index (κ2) is 9.03. The van der Waals surface area contributed by atoms with E-state index in [1.807, 2.05) is 74.5 Å². The molecule has 39 heavy (non-hydrogen) atoms. The van der Waals surface area contributed by atoms with E-state index in [2.05, 4.69) is 16.0 Å². The summed E-state index contributed by atoms with van der Waals surface area (Å²) >= 11 is 0. The van der Waals surface area contributed by atoms with Crippen molar-refractivity contribution in [3.63, 3.8) is 0 Å². The Labute approximate surface area is 224 Å². The Morgan fingerprint density at radius 2 is 1.64 bits per heavy atom. The number of pyridine rings is 2. The maximum absolute atomic E-state index is 13.7. The van der Waals surface area contributed by atoms with E-state index in [0.29, 0.717) is 22.5 Å². The molecule has 6 aromatic rings. The number of hydrogen-bond donors (Lipinski definition) is 0. The monoisotopic (exact) mass is 513 g/mol. The summed E-state index contributed by atoms with van der Waals surface area (Å²) in [6.07, 6.45) is 3.49. The van der Waals surface area contributed by atoms with E-state index in [1.54, 1.807) is 34.6 Å². The highest BCUT2D eigenvalue weighted by Crippen LogP contribution is 2.31. The Morgan fingerprint density at radius 1 is 0.872 bits per heavy atom. The summed E-state index contributed by atoms with van der Waals surface area (Å²) in [6.45, 7) is 3.73. The minimum Gasteiger partial charge on any atom is -0.293 e. The third kappa shape index (κ3) is 4.07. The van der Waals surface area contributed by atoms with Crippen molar-refractivity contribution >= 4 is 21.9 Å². The maximum Gasteiger partial charge on any atom is 0.333 e. The SMILES string of the molecule is Cn1c(=O)n(-c2ccc(C(C)(C)C#N)cc2)c2c3cc(-c4ccc(-c5cccc(F)c5)nc4)ccc3ncc21. The van der Waals surface area contributed by atoms with Gasteiger partial charge in [-0.15, -0.1) is 0 Å². The molecule has 0 saturated carbocycles. The largest absolute Gasteiger partial charge is 0.333 e. The first-order valence-corrected chi connectivity index (χ1v) is 12.5. The Balaban J connectivity index is 1.50. The minimum atomic E-state index is -0.633. The summed E-state index contributed by atoms with van der Waals surface area (Å²) in [7, 11) is 1.74. The fraction of sp³-hybridized carbons (Fsp3) is 0.125. The van der Waals surface area contributed by atoms with Gasteiger partial charge in [0.05, 0.1) is 45.6 Å². The van der Waals surface area contributed by atoms with Crippen LogP contribution in [0.1, 0.15) is 19.4 Å². The molecule has 6 nitrogen and oxygen atoms in total. The first-order chi connectivity index (χ1) is 18.8. The summed E-state index contributed by atoms with van der Waals surface area (Å²) in [6, 6.07) is 26.0. The van der Waals surface area contributed by atoms with Crippen molar-refractivity contribution in [2.75, 3.05) is 0 Å². The number of imidazole rings is 1. The fourth-order valence-electron chi connectivity index (χ4n) is 4.89. The molecular weight excluding hydrogens is 489 g/mol. The van der Waals surface area contributed by atoms with E-state index in [4.69, 9.17) is 0 Å². The van der Waals surface area contributed by atoms with Gasteiger partial charge in [-0.1, -0.05) is 36.4 Å². The van der Waals surface area contributed by atoms with E-state index in [-0.39, 0.29) is 11.5 Å². The van der Waals surface area contributed by atoms with Crippen LogP contribution < -0.4 is 5.69 Å². The van der Waals surface area contributed by atoms with E-state index in [0.717, 1.165) is 33.1 Å². The van der Waals surface area contributed by atoms with Crippen LogP contribution in [0.15, 0.2) is 96.1 Å². The minimum absolute atomic E-state index is 0.182. The number of fused-ring (bicyclic) bond motifs is 3. The van der Waals surface area contributed by atoms with Gasteiger partial charge in [0.1, 0.15) is 5.82 Å². The van der Waals surface area contributed by atoms with Crippen LogP contribution in [-0.2, 0) is 12.5 Å². The van der Waals surface area contributed by atoms with E-state index in [9.17, 15) is 14.4 Å². The molecule has 3 aromatic carbocycles. The molecule has 0 amide bonds. The van der Waals surface area contributed by atoms with Gasteiger partial charge in [-0.05, 0) is 67.4 Å². The van der Waals surface area contributed by atoms with Gasteiger partial charge in [0, 0.05) is 29.8 Å². The average Bonchev–Trinajstić information content (AvgIpc) is 3.22. The molecule has 0 saturated heterocycles. The quantitative estimate of drug-likeness (QED) is 0.268. The number of nitriles is 1. The summed E-state index contributed by atoms with van der Waals surface area (Å²) in [5.41, 5.74) is 6.21. The Hall–Kier alpha value is -5.09. The average molecular weight is 514 g/mol. The molecule has 0 aliphatic rings. The summed E-state index contributed by atoms with van der Waals surface area (Å²) in [5.74, 6) is -0.304. The molecule has 0 atom stereocenters. The lowest BCUT2D eigenvalue weighted by molar-refractivity contribution is 0.628. The second-order valence-corrected chi connectivity index (χ2v) is 10.1. The number of aromatic nitrogens is 4. The van der Waals surface area contributed by atoms with Crippen molar-refractivity contribution in [3.8, 4) is 34.1 Å². The van der Waals surface area contributed by atoms with Gasteiger partial charge in [0.15, 0.2) is 0 Å². The number of halogens is 1. The van der Waals surface area contributed by atoms with Crippen molar-refractivity contribution in [2.45, 2.75) is 19.3 Å². The van der Waals surface area contributed by atoms with E-state index < -0.39 is 5.41 Å². The number of rotatable bonds is 4. The molecule has 0 spiro atoms. The van der Waals surface area contributed by atoms with Gasteiger partial charge < -0.3 is 0 Å². The van der Waals surface area contributed by atoms with Gasteiger partial charge in [0.2, 0.25) is 0 Å². The zero-order valence-electron chi connectivity index (χ0n) is 21.7. The molecule has 7 heteroatoms. The lowest BCUT2D eigenvalue weighted by Crippen LogP contribution is -2.21. The molecule has 3 heterocycles. The number of hydrogen-bond acceptors (Lipinski definition) is 4. The predicted octanol–water partition coefficient (Wildman–Crippen LogP) is 6.55. The Morgan fingerprint density at radius 3 is 2.33 bits per heavy atom. The van der Waals surface area contributed by atoms with Crippen LogP contribution in [-0.4, -0.2) is 19.1 Å². The first kappa shape index (κ1) is 24.3. The van der Waals surface area contributed by atoms with Gasteiger partial charge >= 0.3 is 5.69 Å². The van der Waals surface area contributed by atoms with Crippen molar-refractivity contribution in [1.29, 1.82) is 5.26 Å². The zero-order chi connectivity index (χ0) is 27.3. The second-order valence-electron chi connectivity index (χ2n) is 10.1. The van der Waals surface area contributed by atoms with Crippen molar-refractivity contribution in [2.24, 2.45) is 7.05 Å². The molecular formula is C32H24FN5O. The summed E-state index contributed by atoms with van der Waals surface area (Å²) in [5, 5.41) is 10.3. The van der Waals surface area contributed by atoms with Crippen molar-refractivity contribution < 1.29 is 4.39 Å². The van der Waals surface area contributed by atoms with Crippen LogP contribution in [0.25, 0.3) is 50.0 Å². The van der Waals surface area contributed by atoms with E-state index >= 15 is 0 Å². The lowest BCUT2D eigenvalue weighted by Gasteiger charge is -2.16. The van der Waals surface area contributed by atoms with Gasteiger partial charge in [-0.2, -0.15) is 5.26 Å². The number of aryl methyl sites for hydroxylation is 1. The predicted molar refractivity (Wildman–Crippen MR) is 151 cm³/mol. The molecule has 0 unspecified atom stereocenters. The van der Waals surface area contributed by atoms with Crippen LogP contribution in [0.4, 0.5) is 4.39 Å². The maximum atomic E-state index is 13.7. The topological polar surface area (TPSA) is 76.5 Å². The van der Waals surface area contributed by atoms with E-state index in [1.165, 1.54) is 12.1 Å². The van der Waals surface area contributed by atoms with Crippen molar-refractivity contribution in [3.05, 3.63) is 113 Å². The normalized spacial score (nSPS) is 11.7. The van der Waals surface area contributed by atoms with Crippen LogP contribution in [0.3, 0.4) is 0 Å². The highest BCUT2D eigenvalue weighted by molar-refractivity contribution is 6.04. The van der Waals surface area contributed by atoms with Crippen LogP contribution in [0.2, 0.25) is 0 Å². The molecule has 0 radical (unpaired) electrons. The lowest BCUT2D eigenvalue weighted by atomic mass is 9.86. The highest BCUT2D eigenvalue weighted by Gasteiger charge is 2.21. The van der Waals surface area contributed by atoms with Crippen LogP contribution in [0, 0.1) is 17.1 Å². The standard InChI is InChI=1S/C32H24FN5O/c1-32(2,19-34)23-9-11-25(12-10-23)38-30-26-16-20(7-14-28(26)36-18-29(30)37(3)31(38)39)22-8-13-27(35-17-22)21-5-4-6-24(33)15-21/h4-18H,1-3H3. The third-order valence-corrected chi connectivity index (χ3v) is 7.23. The zero-order valence-corrected chi connectivity index (χ0v) is 21.7. The van der Waals surface area contributed by atoms with Crippen LogP contribution in [0.5, 0.6) is 0 Å². The third-order valence-electron chi connectivity index (χ3n) is 7.23. The molecule has 3 aromatic heterocycles. The number of benzene rings is 3. The summed E-state index contributed by atoms with van der Waals surface area (Å²) < 4.78 is 17.0. The Bertz CT molecular complexity index is 1980. The molecule has 6 rings (SSSR count). The molecule has 190 valence electrons. The first-order valence-electron chi connectivity index (χ1n) is 12.5. The fourth-order valence-corrected chi connectivity index (χ4v) is 4.89. The van der Waals surface area contributed by atoms with Gasteiger partial charge in [-0.25, -0.2) is 9.18 Å².